The molecule has 102 valence electrons. The lowest BCUT2D eigenvalue weighted by atomic mass is 10.2. The van der Waals surface area contributed by atoms with Crippen LogP contribution in [0.25, 0.3) is 0 Å². The highest BCUT2D eigenvalue weighted by Crippen LogP contribution is 2.10. The summed E-state index contributed by atoms with van der Waals surface area (Å²) in [4.78, 5) is 11.8. The van der Waals surface area contributed by atoms with E-state index >= 15 is 0 Å². The zero-order chi connectivity index (χ0) is 13.8. The van der Waals surface area contributed by atoms with Crippen LogP contribution >= 0.6 is 0 Å². The van der Waals surface area contributed by atoms with Gasteiger partial charge in [-0.25, -0.2) is 9.48 Å². The van der Waals surface area contributed by atoms with Crippen molar-refractivity contribution in [1.29, 1.82) is 0 Å². The van der Waals surface area contributed by atoms with Gasteiger partial charge in [0, 0.05) is 5.56 Å². The summed E-state index contributed by atoms with van der Waals surface area (Å²) in [6, 6.07) is 1.85. The summed E-state index contributed by atoms with van der Waals surface area (Å²) < 4.78 is 11.8. The molecular weight excluding hydrogens is 246 g/mol. The SMILES string of the molecule is Cc1c(C(=O)OCC(C)C)nnn1Cc1ccoc1. The molecule has 19 heavy (non-hydrogen) atoms. The normalized spacial score (nSPS) is 10.9. The number of ether oxygens (including phenoxy) is 1. The molecule has 2 heterocycles. The van der Waals surface area contributed by atoms with Crippen molar-refractivity contribution in [3.8, 4) is 0 Å². The van der Waals surface area contributed by atoms with Crippen LogP contribution in [-0.4, -0.2) is 27.6 Å². The number of nitrogens with zero attached hydrogens (tertiary/aromatic N) is 3. The van der Waals surface area contributed by atoms with E-state index in [0.717, 1.165) is 5.56 Å². The van der Waals surface area contributed by atoms with Crippen LogP contribution in [0.1, 0.15) is 35.6 Å². The van der Waals surface area contributed by atoms with Gasteiger partial charge in [0.25, 0.3) is 0 Å². The van der Waals surface area contributed by atoms with Crippen LogP contribution in [0.2, 0.25) is 0 Å². The number of aromatic nitrogens is 3. The highest BCUT2D eigenvalue weighted by molar-refractivity contribution is 5.88. The third kappa shape index (κ3) is 3.21. The maximum Gasteiger partial charge on any atom is 0.360 e. The van der Waals surface area contributed by atoms with Gasteiger partial charge >= 0.3 is 5.97 Å². The van der Waals surface area contributed by atoms with Crippen LogP contribution in [0.4, 0.5) is 0 Å². The number of esters is 1. The Hall–Kier alpha value is -2.11. The van der Waals surface area contributed by atoms with Gasteiger partial charge in [-0.2, -0.15) is 0 Å². The van der Waals surface area contributed by atoms with Gasteiger partial charge in [0.2, 0.25) is 0 Å². The van der Waals surface area contributed by atoms with E-state index in [-0.39, 0.29) is 5.69 Å². The topological polar surface area (TPSA) is 70.2 Å². The van der Waals surface area contributed by atoms with Crippen molar-refractivity contribution in [3.05, 3.63) is 35.5 Å². The minimum Gasteiger partial charge on any atom is -0.472 e. The Kier molecular flexibility index (Phi) is 3.99. The van der Waals surface area contributed by atoms with Crippen LogP contribution in [0.5, 0.6) is 0 Å². The first kappa shape index (κ1) is 13.3. The molecule has 0 aliphatic carbocycles. The van der Waals surface area contributed by atoms with Crippen molar-refractivity contribution in [2.45, 2.75) is 27.3 Å². The quantitative estimate of drug-likeness (QED) is 0.772. The zero-order valence-corrected chi connectivity index (χ0v) is 11.3. The van der Waals surface area contributed by atoms with Gasteiger partial charge in [-0.1, -0.05) is 19.1 Å². The lowest BCUT2D eigenvalue weighted by molar-refractivity contribution is 0.0451. The number of furan rings is 1. The second-order valence-electron chi connectivity index (χ2n) is 4.81. The molecule has 0 fully saturated rings. The number of hydrogen-bond acceptors (Lipinski definition) is 5. The largest absolute Gasteiger partial charge is 0.472 e. The van der Waals surface area contributed by atoms with Crippen molar-refractivity contribution >= 4 is 5.97 Å². The molecule has 0 unspecified atom stereocenters. The number of carbonyl (C=O) groups excluding carboxylic acids is 1. The molecule has 0 aliphatic heterocycles. The Morgan fingerprint density at radius 1 is 1.53 bits per heavy atom. The summed E-state index contributed by atoms with van der Waals surface area (Å²) in [5.41, 5.74) is 1.93. The third-order valence-corrected chi connectivity index (χ3v) is 2.64. The predicted molar refractivity (Wildman–Crippen MR) is 67.7 cm³/mol. The summed E-state index contributed by atoms with van der Waals surface area (Å²) in [7, 11) is 0. The van der Waals surface area contributed by atoms with Crippen LogP contribution < -0.4 is 0 Å². The molecule has 2 aromatic rings. The summed E-state index contributed by atoms with van der Waals surface area (Å²) in [5.74, 6) is -0.130. The summed E-state index contributed by atoms with van der Waals surface area (Å²) in [5, 5.41) is 7.84. The van der Waals surface area contributed by atoms with Crippen LogP contribution in [0.15, 0.2) is 23.0 Å². The molecule has 6 heteroatoms. The molecule has 0 saturated carbocycles. The third-order valence-electron chi connectivity index (χ3n) is 2.64. The monoisotopic (exact) mass is 263 g/mol. The lowest BCUT2D eigenvalue weighted by Gasteiger charge is -2.06. The van der Waals surface area contributed by atoms with Crippen molar-refractivity contribution < 1.29 is 13.9 Å². The van der Waals surface area contributed by atoms with Gasteiger partial charge in [0.05, 0.1) is 31.4 Å². The fraction of sp³-hybridized carbons (Fsp3) is 0.462. The fourth-order valence-corrected chi connectivity index (χ4v) is 1.57. The molecular formula is C13H17N3O3. The van der Waals surface area contributed by atoms with E-state index in [4.69, 9.17) is 9.15 Å². The van der Waals surface area contributed by atoms with Crippen LogP contribution in [-0.2, 0) is 11.3 Å². The smallest absolute Gasteiger partial charge is 0.360 e. The summed E-state index contributed by atoms with van der Waals surface area (Å²) in [6.07, 6.45) is 3.23. The highest BCUT2D eigenvalue weighted by atomic mass is 16.5. The van der Waals surface area contributed by atoms with E-state index in [0.29, 0.717) is 24.8 Å². The van der Waals surface area contributed by atoms with E-state index in [1.165, 1.54) is 0 Å². The second kappa shape index (κ2) is 5.69. The second-order valence-corrected chi connectivity index (χ2v) is 4.81. The molecule has 0 saturated heterocycles. The Morgan fingerprint density at radius 3 is 2.95 bits per heavy atom. The molecule has 0 bridgehead atoms. The number of hydrogen-bond donors (Lipinski definition) is 0. The van der Waals surface area contributed by atoms with Crippen molar-refractivity contribution in [3.63, 3.8) is 0 Å². The van der Waals surface area contributed by atoms with Crippen molar-refractivity contribution in [2.75, 3.05) is 6.61 Å². The van der Waals surface area contributed by atoms with Gasteiger partial charge in [-0.15, -0.1) is 5.10 Å². The van der Waals surface area contributed by atoms with Crippen molar-refractivity contribution in [1.82, 2.24) is 15.0 Å². The molecule has 2 rings (SSSR count). The van der Waals surface area contributed by atoms with Gasteiger partial charge in [-0.3, -0.25) is 0 Å². The number of carbonyl (C=O) groups is 1. The highest BCUT2D eigenvalue weighted by Gasteiger charge is 2.18. The molecule has 0 aliphatic rings. The Morgan fingerprint density at radius 2 is 2.32 bits per heavy atom. The predicted octanol–water partition coefficient (Wildman–Crippen LogP) is 2.04. The minimum atomic E-state index is -0.426. The van der Waals surface area contributed by atoms with Crippen molar-refractivity contribution in [2.24, 2.45) is 5.92 Å². The Labute approximate surface area is 111 Å². The standard InChI is InChI=1S/C13H17N3O3/c1-9(2)7-19-13(17)12-10(3)16(15-14-12)6-11-4-5-18-8-11/h4-5,8-9H,6-7H2,1-3H3. The van der Waals surface area contributed by atoms with E-state index < -0.39 is 5.97 Å². The molecule has 0 N–H and O–H groups in total. The molecule has 2 aromatic heterocycles. The van der Waals surface area contributed by atoms with Crippen LogP contribution in [0, 0.1) is 12.8 Å². The van der Waals surface area contributed by atoms with Gasteiger partial charge < -0.3 is 9.15 Å². The van der Waals surface area contributed by atoms with E-state index in [1.54, 1.807) is 24.1 Å². The van der Waals surface area contributed by atoms with Gasteiger partial charge in [-0.05, 0) is 18.9 Å². The molecule has 0 radical (unpaired) electrons. The van der Waals surface area contributed by atoms with E-state index in [1.807, 2.05) is 19.9 Å². The van der Waals surface area contributed by atoms with E-state index in [2.05, 4.69) is 10.3 Å². The zero-order valence-electron chi connectivity index (χ0n) is 11.3. The molecule has 0 amide bonds. The molecule has 0 spiro atoms. The van der Waals surface area contributed by atoms with E-state index in [9.17, 15) is 4.79 Å². The summed E-state index contributed by atoms with van der Waals surface area (Å²) >= 11 is 0. The maximum absolute atomic E-state index is 11.8. The average Bonchev–Trinajstić information content (AvgIpc) is 2.98. The van der Waals surface area contributed by atoms with Crippen LogP contribution in [0.3, 0.4) is 0 Å². The average molecular weight is 263 g/mol. The minimum absolute atomic E-state index is 0.268. The molecule has 0 aromatic carbocycles. The first-order chi connectivity index (χ1) is 9.08. The van der Waals surface area contributed by atoms with Gasteiger partial charge in [0.1, 0.15) is 0 Å². The maximum atomic E-state index is 11.8. The first-order valence-corrected chi connectivity index (χ1v) is 6.16. The molecule has 6 nitrogen and oxygen atoms in total. The Balaban J connectivity index is 2.07. The van der Waals surface area contributed by atoms with Gasteiger partial charge in [0.15, 0.2) is 5.69 Å². The fourth-order valence-electron chi connectivity index (χ4n) is 1.57. The number of rotatable bonds is 5. The first-order valence-electron chi connectivity index (χ1n) is 6.16. The Bertz CT molecular complexity index is 543. The molecule has 0 atom stereocenters. The summed E-state index contributed by atoms with van der Waals surface area (Å²) in [6.45, 7) is 6.66. The lowest BCUT2D eigenvalue weighted by Crippen LogP contribution is -2.12.